The van der Waals surface area contributed by atoms with Crippen LogP contribution < -0.4 is 9.47 Å². The highest BCUT2D eigenvalue weighted by molar-refractivity contribution is 9.10. The molecular formula is C24H19BrN4O4. The van der Waals surface area contributed by atoms with E-state index in [1.807, 2.05) is 0 Å². The smallest absolute Gasteiger partial charge is 0.218 e. The van der Waals surface area contributed by atoms with Crippen LogP contribution in [0.3, 0.4) is 0 Å². The van der Waals surface area contributed by atoms with Crippen LogP contribution in [-0.2, 0) is 9.47 Å². The van der Waals surface area contributed by atoms with Gasteiger partial charge in [0, 0.05) is 17.0 Å². The Morgan fingerprint density at radius 2 is 1.67 bits per heavy atom. The van der Waals surface area contributed by atoms with Crippen LogP contribution >= 0.6 is 15.9 Å². The fourth-order valence-electron chi connectivity index (χ4n) is 4.97. The van der Waals surface area contributed by atoms with Crippen LogP contribution in [0.1, 0.15) is 30.1 Å². The number of benzene rings is 2. The zero-order chi connectivity index (χ0) is 24.0. The lowest BCUT2D eigenvalue weighted by atomic mass is 9.52. The number of rotatable bonds is 4. The van der Waals surface area contributed by atoms with Crippen molar-refractivity contribution >= 4 is 21.8 Å². The second-order valence-electron chi connectivity index (χ2n) is 7.99. The van der Waals surface area contributed by atoms with Gasteiger partial charge in [-0.05, 0) is 35.9 Å². The highest BCUT2D eigenvalue weighted by Crippen LogP contribution is 2.69. The van der Waals surface area contributed by atoms with Gasteiger partial charge in [0.1, 0.15) is 17.6 Å². The van der Waals surface area contributed by atoms with Gasteiger partial charge >= 0.3 is 0 Å². The maximum absolute atomic E-state index is 10.5. The number of hydrogen-bond acceptors (Lipinski definition) is 8. The van der Waals surface area contributed by atoms with Gasteiger partial charge in [0.2, 0.25) is 17.1 Å². The third-order valence-corrected chi connectivity index (χ3v) is 6.93. The van der Waals surface area contributed by atoms with Crippen LogP contribution in [0, 0.1) is 50.2 Å². The first kappa shape index (κ1) is 22.6. The molecule has 0 amide bonds. The van der Waals surface area contributed by atoms with E-state index in [9.17, 15) is 15.8 Å². The van der Waals surface area contributed by atoms with E-state index in [2.05, 4.69) is 34.1 Å². The Kier molecular flexibility index (Phi) is 5.33. The topological polar surface area (TPSA) is 132 Å². The van der Waals surface area contributed by atoms with Crippen LogP contribution in [0.15, 0.2) is 46.9 Å². The molecule has 4 rings (SSSR count). The molecule has 2 aliphatic heterocycles. The molecule has 0 aromatic heterocycles. The number of ether oxygens (including phenoxy) is 4. The standard InChI is InChI=1S/C24H19BrN4O4/c1-22-19(14-4-7-16(30-2)8-5-14)24(13-28,21(29)33-22)23(11-26,12-27)20(32-22)17-10-15(25)6-9-18(17)31-3/h4-10,19-20,29H,1-3H3. The van der Waals surface area contributed by atoms with Crippen molar-refractivity contribution in [2.75, 3.05) is 14.2 Å². The van der Waals surface area contributed by atoms with E-state index in [-0.39, 0.29) is 0 Å². The van der Waals surface area contributed by atoms with Crippen molar-refractivity contribution in [3.05, 3.63) is 58.1 Å². The number of nitrogens with one attached hydrogen (secondary N) is 1. The molecule has 0 aliphatic carbocycles. The molecule has 166 valence electrons. The summed E-state index contributed by atoms with van der Waals surface area (Å²) in [6.07, 6.45) is -1.23. The van der Waals surface area contributed by atoms with Gasteiger partial charge in [0.15, 0.2) is 5.41 Å². The molecule has 2 aliphatic rings. The maximum atomic E-state index is 10.5. The Hall–Kier alpha value is -3.58. The molecule has 0 spiro atoms. The Bertz CT molecular complexity index is 1250. The van der Waals surface area contributed by atoms with Crippen molar-refractivity contribution in [1.29, 1.82) is 21.2 Å². The average Bonchev–Trinajstić information content (AvgIpc) is 3.01. The lowest BCUT2D eigenvalue weighted by molar-refractivity contribution is -0.253. The molecule has 2 aromatic carbocycles. The summed E-state index contributed by atoms with van der Waals surface area (Å²) in [5.74, 6) is -1.94. The van der Waals surface area contributed by atoms with Gasteiger partial charge in [-0.25, -0.2) is 0 Å². The average molecular weight is 507 g/mol. The van der Waals surface area contributed by atoms with Crippen molar-refractivity contribution in [2.24, 2.45) is 10.8 Å². The Balaban J connectivity index is 2.03. The normalized spacial score (nSPS) is 29.2. The summed E-state index contributed by atoms with van der Waals surface area (Å²) in [5, 5.41) is 40.1. The molecule has 8 nitrogen and oxygen atoms in total. The second kappa shape index (κ2) is 7.78. The van der Waals surface area contributed by atoms with E-state index in [1.165, 1.54) is 14.2 Å². The number of nitrogens with zero attached hydrogens (tertiary/aromatic N) is 3. The van der Waals surface area contributed by atoms with Gasteiger partial charge < -0.3 is 18.9 Å². The van der Waals surface area contributed by atoms with E-state index in [1.54, 1.807) is 49.4 Å². The van der Waals surface area contributed by atoms with Crippen molar-refractivity contribution in [2.45, 2.75) is 24.7 Å². The lowest BCUT2D eigenvalue weighted by Crippen LogP contribution is -2.57. The Labute approximate surface area is 199 Å². The first-order chi connectivity index (χ1) is 15.8. The molecule has 2 fully saturated rings. The number of hydrogen-bond donors (Lipinski definition) is 1. The molecule has 1 N–H and O–H groups in total. The van der Waals surface area contributed by atoms with Crippen LogP contribution in [-0.4, -0.2) is 25.9 Å². The summed E-state index contributed by atoms with van der Waals surface area (Å²) in [4.78, 5) is 0. The van der Waals surface area contributed by atoms with Gasteiger partial charge in [-0.3, -0.25) is 5.41 Å². The quantitative estimate of drug-likeness (QED) is 0.640. The van der Waals surface area contributed by atoms with E-state index < -0.39 is 34.5 Å². The number of methoxy groups -OCH3 is 2. The van der Waals surface area contributed by atoms with Crippen LogP contribution in [0.5, 0.6) is 11.5 Å². The fraction of sp³-hybridized carbons (Fsp3) is 0.333. The monoisotopic (exact) mass is 506 g/mol. The van der Waals surface area contributed by atoms with Crippen LogP contribution in [0.25, 0.3) is 0 Å². The molecule has 4 unspecified atom stereocenters. The minimum atomic E-state index is -2.12. The summed E-state index contributed by atoms with van der Waals surface area (Å²) >= 11 is 3.41. The molecule has 33 heavy (non-hydrogen) atoms. The Morgan fingerprint density at radius 1 is 1.00 bits per heavy atom. The molecular weight excluding hydrogens is 488 g/mol. The van der Waals surface area contributed by atoms with Gasteiger partial charge in [-0.15, -0.1) is 0 Å². The van der Waals surface area contributed by atoms with Crippen molar-refractivity contribution in [1.82, 2.24) is 0 Å². The predicted octanol–water partition coefficient (Wildman–Crippen LogP) is 4.59. The fourth-order valence-corrected chi connectivity index (χ4v) is 5.35. The molecule has 4 atom stereocenters. The van der Waals surface area contributed by atoms with E-state index >= 15 is 0 Å². The second-order valence-corrected chi connectivity index (χ2v) is 8.90. The zero-order valence-corrected chi connectivity index (χ0v) is 19.6. The van der Waals surface area contributed by atoms with Gasteiger partial charge in [0.05, 0.1) is 38.3 Å². The van der Waals surface area contributed by atoms with Crippen LogP contribution in [0.4, 0.5) is 0 Å². The summed E-state index contributed by atoms with van der Waals surface area (Å²) < 4.78 is 23.6. The van der Waals surface area contributed by atoms with Crippen molar-refractivity contribution in [3.8, 4) is 29.7 Å². The number of halogens is 1. The molecule has 2 saturated heterocycles. The van der Waals surface area contributed by atoms with Crippen molar-refractivity contribution in [3.63, 3.8) is 0 Å². The SMILES string of the molecule is COc1ccc(C2C3(C)OC(=N)C2(C#N)C(C#N)(C#N)C(c2cc(Br)ccc2OC)O3)cc1. The zero-order valence-electron chi connectivity index (χ0n) is 18.0. The first-order valence-electron chi connectivity index (χ1n) is 9.94. The largest absolute Gasteiger partial charge is 0.497 e. The minimum absolute atomic E-state index is 0.378. The number of nitriles is 3. The minimum Gasteiger partial charge on any atom is -0.497 e. The van der Waals surface area contributed by atoms with E-state index in [0.717, 1.165) is 0 Å². The first-order valence-corrected chi connectivity index (χ1v) is 10.7. The molecule has 2 aromatic rings. The highest BCUT2D eigenvalue weighted by Gasteiger charge is 2.80. The molecule has 0 saturated carbocycles. The van der Waals surface area contributed by atoms with E-state index in [0.29, 0.717) is 27.1 Å². The van der Waals surface area contributed by atoms with Crippen molar-refractivity contribution < 1.29 is 18.9 Å². The molecule has 2 heterocycles. The summed E-state index contributed by atoms with van der Waals surface area (Å²) in [7, 11) is 3.00. The third-order valence-electron chi connectivity index (χ3n) is 6.44. The summed E-state index contributed by atoms with van der Waals surface area (Å²) in [6, 6.07) is 18.2. The molecule has 9 heteroatoms. The van der Waals surface area contributed by atoms with Gasteiger partial charge in [-0.1, -0.05) is 28.1 Å². The lowest BCUT2D eigenvalue weighted by Gasteiger charge is -2.49. The van der Waals surface area contributed by atoms with Gasteiger partial charge in [-0.2, -0.15) is 15.8 Å². The summed E-state index contributed by atoms with van der Waals surface area (Å²) in [5.41, 5.74) is -3.09. The highest BCUT2D eigenvalue weighted by atomic mass is 79.9. The Morgan fingerprint density at radius 3 is 2.21 bits per heavy atom. The maximum Gasteiger partial charge on any atom is 0.218 e. The van der Waals surface area contributed by atoms with Crippen LogP contribution in [0.2, 0.25) is 0 Å². The molecule has 2 bridgehead atoms. The third kappa shape index (κ3) is 2.85. The number of fused-ring (bicyclic) bond motifs is 2. The predicted molar refractivity (Wildman–Crippen MR) is 119 cm³/mol. The summed E-state index contributed by atoms with van der Waals surface area (Å²) in [6.45, 7) is 1.62. The van der Waals surface area contributed by atoms with Gasteiger partial charge in [0.25, 0.3) is 0 Å². The molecule has 0 radical (unpaired) electrons. The van der Waals surface area contributed by atoms with E-state index in [4.69, 9.17) is 24.4 Å².